The maximum absolute atomic E-state index is 13.4. The summed E-state index contributed by atoms with van der Waals surface area (Å²) in [6.07, 6.45) is 0.871. The van der Waals surface area contributed by atoms with Crippen LogP contribution in [0.25, 0.3) is 0 Å². The number of nitro groups is 1. The summed E-state index contributed by atoms with van der Waals surface area (Å²) in [7, 11) is 2.10. The predicted molar refractivity (Wildman–Crippen MR) is 105 cm³/mol. The van der Waals surface area contributed by atoms with E-state index in [0.717, 1.165) is 30.8 Å². The first kappa shape index (κ1) is 17.9. The van der Waals surface area contributed by atoms with E-state index in [1.807, 2.05) is 17.0 Å². The van der Waals surface area contributed by atoms with Crippen molar-refractivity contribution in [2.24, 2.45) is 0 Å². The van der Waals surface area contributed by atoms with Crippen molar-refractivity contribution >= 4 is 28.9 Å². The lowest BCUT2D eigenvalue weighted by molar-refractivity contribution is -0.384. The second-order valence-corrected chi connectivity index (χ2v) is 7.79. The van der Waals surface area contributed by atoms with Gasteiger partial charge in [-0.2, -0.15) is 0 Å². The normalized spacial score (nSPS) is 21.7. The Morgan fingerprint density at radius 1 is 1.26 bits per heavy atom. The number of nitrogens with zero attached hydrogens (tertiary/aromatic N) is 3. The van der Waals surface area contributed by atoms with Crippen LogP contribution in [0.3, 0.4) is 0 Å². The van der Waals surface area contributed by atoms with Crippen molar-refractivity contribution in [1.82, 2.24) is 4.90 Å². The van der Waals surface area contributed by atoms with Gasteiger partial charge in [-0.05, 0) is 50.7 Å². The average Bonchev–Trinajstić information content (AvgIpc) is 2.94. The number of halogens is 1. The van der Waals surface area contributed by atoms with Crippen molar-refractivity contribution in [2.45, 2.75) is 25.3 Å². The molecule has 7 heteroatoms. The maximum Gasteiger partial charge on any atom is 0.288 e. The van der Waals surface area contributed by atoms with E-state index in [9.17, 15) is 14.9 Å². The van der Waals surface area contributed by atoms with Gasteiger partial charge in [0.05, 0.1) is 4.92 Å². The van der Waals surface area contributed by atoms with E-state index in [0.29, 0.717) is 0 Å². The average molecular weight is 386 g/mol. The zero-order chi connectivity index (χ0) is 19.3. The lowest BCUT2D eigenvalue weighted by Crippen LogP contribution is -2.47. The first-order valence-electron chi connectivity index (χ1n) is 8.93. The third-order valence-electron chi connectivity index (χ3n) is 5.56. The number of carbonyl (C=O) groups excluding carboxylic acids is 1. The van der Waals surface area contributed by atoms with Crippen LogP contribution >= 0.6 is 11.6 Å². The summed E-state index contributed by atoms with van der Waals surface area (Å²) < 4.78 is 0. The molecule has 0 bridgehead atoms. The molecule has 0 radical (unpaired) electrons. The molecular formula is C20H20ClN3O3. The lowest BCUT2D eigenvalue weighted by Gasteiger charge is -2.36. The number of nitro benzene ring substituents is 1. The molecule has 4 rings (SSSR count). The van der Waals surface area contributed by atoms with Crippen LogP contribution in [0, 0.1) is 17.0 Å². The van der Waals surface area contributed by atoms with Crippen LogP contribution in [0.2, 0.25) is 5.02 Å². The standard InChI is InChI=1S/C20H20ClN3O3/c1-12-3-6-17-14(9-12)15-11-22(2)8-7-18(15)23(17)20(25)13-4-5-16(21)19(10-13)24(26)27/h3-6,9-10,15,18H,7-8,11H2,1-2H3. The Kier molecular flexibility index (Phi) is 4.40. The van der Waals surface area contributed by atoms with Gasteiger partial charge in [-0.3, -0.25) is 14.9 Å². The number of anilines is 1. The molecule has 0 spiro atoms. The molecule has 6 nitrogen and oxygen atoms in total. The molecule has 27 heavy (non-hydrogen) atoms. The summed E-state index contributed by atoms with van der Waals surface area (Å²) in [6, 6.07) is 10.5. The maximum atomic E-state index is 13.4. The van der Waals surface area contributed by atoms with Crippen molar-refractivity contribution < 1.29 is 9.72 Å². The van der Waals surface area contributed by atoms with Gasteiger partial charge in [-0.1, -0.05) is 29.3 Å². The highest BCUT2D eigenvalue weighted by Gasteiger charge is 2.44. The van der Waals surface area contributed by atoms with Gasteiger partial charge in [-0.15, -0.1) is 0 Å². The SMILES string of the molecule is Cc1ccc2c(c1)C1CN(C)CCC1N2C(=O)c1ccc(Cl)c([N+](=O)[O-])c1. The summed E-state index contributed by atoms with van der Waals surface area (Å²) in [4.78, 5) is 28.1. The molecule has 2 aliphatic rings. The minimum Gasteiger partial charge on any atom is -0.306 e. The molecule has 140 valence electrons. The Hall–Kier alpha value is -2.44. The highest BCUT2D eigenvalue weighted by Crippen LogP contribution is 2.45. The number of hydrogen-bond donors (Lipinski definition) is 0. The van der Waals surface area contributed by atoms with Crippen LogP contribution in [0.1, 0.15) is 33.8 Å². The minimum absolute atomic E-state index is 0.0335. The van der Waals surface area contributed by atoms with Gasteiger partial charge in [0.25, 0.3) is 11.6 Å². The highest BCUT2D eigenvalue weighted by atomic mass is 35.5. The van der Waals surface area contributed by atoms with Gasteiger partial charge in [0.1, 0.15) is 5.02 Å². The molecule has 2 unspecified atom stereocenters. The zero-order valence-electron chi connectivity index (χ0n) is 15.2. The summed E-state index contributed by atoms with van der Waals surface area (Å²) in [5, 5.41) is 11.2. The number of hydrogen-bond acceptors (Lipinski definition) is 4. The third kappa shape index (κ3) is 2.99. The van der Waals surface area contributed by atoms with Gasteiger partial charge < -0.3 is 9.80 Å². The van der Waals surface area contributed by atoms with Gasteiger partial charge in [-0.25, -0.2) is 0 Å². The number of carbonyl (C=O) groups is 1. The first-order chi connectivity index (χ1) is 12.9. The van der Waals surface area contributed by atoms with E-state index in [4.69, 9.17) is 11.6 Å². The lowest BCUT2D eigenvalue weighted by atomic mass is 9.88. The van der Waals surface area contributed by atoms with Crippen LogP contribution in [0.15, 0.2) is 36.4 Å². The molecule has 0 saturated carbocycles. The molecule has 2 heterocycles. The number of rotatable bonds is 2. The predicted octanol–water partition coefficient (Wildman–Crippen LogP) is 4.00. The molecule has 2 aromatic rings. The van der Waals surface area contributed by atoms with Crippen LogP contribution < -0.4 is 4.90 Å². The molecule has 1 amide bonds. The van der Waals surface area contributed by atoms with E-state index in [2.05, 4.69) is 24.9 Å². The fourth-order valence-corrected chi connectivity index (χ4v) is 4.46. The van der Waals surface area contributed by atoms with Crippen LogP contribution in [0.4, 0.5) is 11.4 Å². The summed E-state index contributed by atoms with van der Waals surface area (Å²) in [6.45, 7) is 3.86. The first-order valence-corrected chi connectivity index (χ1v) is 9.31. The number of benzene rings is 2. The van der Waals surface area contributed by atoms with Gasteiger partial charge in [0.15, 0.2) is 0 Å². The molecule has 0 N–H and O–H groups in total. The number of amides is 1. The van der Waals surface area contributed by atoms with Gasteiger partial charge in [0.2, 0.25) is 0 Å². The van der Waals surface area contributed by atoms with E-state index >= 15 is 0 Å². The molecule has 0 aromatic heterocycles. The van der Waals surface area contributed by atoms with Crippen LogP contribution in [-0.4, -0.2) is 41.9 Å². The number of piperidine rings is 1. The minimum atomic E-state index is -0.557. The van der Waals surface area contributed by atoms with Crippen LogP contribution in [0.5, 0.6) is 0 Å². The van der Waals surface area contributed by atoms with Gasteiger partial charge >= 0.3 is 0 Å². The second kappa shape index (κ2) is 6.62. The molecule has 1 fully saturated rings. The second-order valence-electron chi connectivity index (χ2n) is 7.39. The molecule has 0 aliphatic carbocycles. The summed E-state index contributed by atoms with van der Waals surface area (Å²) in [5.41, 5.74) is 3.30. The van der Waals surface area contributed by atoms with Crippen LogP contribution in [-0.2, 0) is 0 Å². The number of likely N-dealkylation sites (N-methyl/N-ethyl adjacent to an activating group) is 1. The van der Waals surface area contributed by atoms with Crippen molar-refractivity contribution in [3.63, 3.8) is 0 Å². The van der Waals surface area contributed by atoms with Crippen molar-refractivity contribution in [2.75, 3.05) is 25.0 Å². The van der Waals surface area contributed by atoms with E-state index in [-0.39, 0.29) is 34.1 Å². The Balaban J connectivity index is 1.78. The molecule has 1 saturated heterocycles. The molecule has 2 aliphatic heterocycles. The fraction of sp³-hybridized carbons (Fsp3) is 0.350. The Morgan fingerprint density at radius 2 is 2.04 bits per heavy atom. The van der Waals surface area contributed by atoms with Crippen molar-refractivity contribution in [3.8, 4) is 0 Å². The molecule has 2 atom stereocenters. The smallest absolute Gasteiger partial charge is 0.288 e. The number of fused-ring (bicyclic) bond motifs is 3. The molecule has 2 aromatic carbocycles. The number of likely N-dealkylation sites (tertiary alicyclic amines) is 1. The topological polar surface area (TPSA) is 66.7 Å². The monoisotopic (exact) mass is 385 g/mol. The summed E-state index contributed by atoms with van der Waals surface area (Å²) in [5.74, 6) is 0.0433. The van der Waals surface area contributed by atoms with E-state index < -0.39 is 4.92 Å². The van der Waals surface area contributed by atoms with Crippen molar-refractivity contribution in [3.05, 3.63) is 68.2 Å². The third-order valence-corrected chi connectivity index (χ3v) is 5.88. The Morgan fingerprint density at radius 3 is 2.78 bits per heavy atom. The number of aryl methyl sites for hydroxylation is 1. The largest absolute Gasteiger partial charge is 0.306 e. The molecular weight excluding hydrogens is 366 g/mol. The highest BCUT2D eigenvalue weighted by molar-refractivity contribution is 6.32. The summed E-state index contributed by atoms with van der Waals surface area (Å²) >= 11 is 5.91. The Labute approximate surface area is 162 Å². The van der Waals surface area contributed by atoms with Gasteiger partial charge in [0, 0.05) is 35.8 Å². The Bertz CT molecular complexity index is 946. The van der Waals surface area contributed by atoms with Crippen molar-refractivity contribution in [1.29, 1.82) is 0 Å². The fourth-order valence-electron chi connectivity index (χ4n) is 4.27. The van der Waals surface area contributed by atoms with E-state index in [1.54, 1.807) is 6.07 Å². The van der Waals surface area contributed by atoms with E-state index in [1.165, 1.54) is 17.7 Å². The quantitative estimate of drug-likeness (QED) is 0.578. The zero-order valence-corrected chi connectivity index (χ0v) is 15.9.